The average molecular weight is 251 g/mol. The van der Waals surface area contributed by atoms with Crippen LogP contribution in [0.1, 0.15) is 32.6 Å². The Morgan fingerprint density at radius 2 is 1.89 bits per heavy atom. The van der Waals surface area contributed by atoms with E-state index in [1.807, 2.05) is 0 Å². The summed E-state index contributed by atoms with van der Waals surface area (Å²) < 4.78 is 0. The molecule has 4 nitrogen and oxygen atoms in total. The molecule has 3 saturated heterocycles. The molecule has 4 heteroatoms. The Kier molecular flexibility index (Phi) is 3.46. The predicted molar refractivity (Wildman–Crippen MR) is 71.5 cm³/mol. The van der Waals surface area contributed by atoms with Crippen LogP contribution in [0.5, 0.6) is 0 Å². The van der Waals surface area contributed by atoms with Crippen LogP contribution in [0.3, 0.4) is 0 Å². The van der Waals surface area contributed by atoms with Gasteiger partial charge in [-0.05, 0) is 44.1 Å². The number of nitrogens with one attached hydrogen (secondary N) is 1. The highest BCUT2D eigenvalue weighted by atomic mass is 16.2. The maximum atomic E-state index is 12.5. The Labute approximate surface area is 110 Å². The van der Waals surface area contributed by atoms with E-state index in [-0.39, 0.29) is 6.03 Å². The van der Waals surface area contributed by atoms with Crippen molar-refractivity contribution in [3.63, 3.8) is 0 Å². The number of urea groups is 1. The minimum absolute atomic E-state index is 0.290. The lowest BCUT2D eigenvalue weighted by molar-refractivity contribution is 0.141. The Morgan fingerprint density at radius 3 is 2.61 bits per heavy atom. The van der Waals surface area contributed by atoms with E-state index in [0.717, 1.165) is 38.6 Å². The summed E-state index contributed by atoms with van der Waals surface area (Å²) in [6, 6.07) is 0.851. The minimum atomic E-state index is 0.290. The highest BCUT2D eigenvalue weighted by Crippen LogP contribution is 2.26. The van der Waals surface area contributed by atoms with E-state index in [9.17, 15) is 4.79 Å². The summed E-state index contributed by atoms with van der Waals surface area (Å²) in [6.45, 7) is 7.23. The summed E-state index contributed by atoms with van der Waals surface area (Å²) in [7, 11) is 0. The monoisotopic (exact) mass is 251 g/mol. The molecule has 0 spiro atoms. The molecule has 2 unspecified atom stereocenters. The largest absolute Gasteiger partial charge is 0.325 e. The van der Waals surface area contributed by atoms with Crippen LogP contribution in [0.25, 0.3) is 0 Å². The van der Waals surface area contributed by atoms with Gasteiger partial charge in [0, 0.05) is 32.2 Å². The number of likely N-dealkylation sites (tertiary alicyclic amines) is 2. The number of hydrogen-bond acceptors (Lipinski definition) is 2. The summed E-state index contributed by atoms with van der Waals surface area (Å²) in [5, 5.41) is 3.56. The van der Waals surface area contributed by atoms with E-state index in [4.69, 9.17) is 0 Å². The number of hydrogen-bond donors (Lipinski definition) is 1. The van der Waals surface area contributed by atoms with Gasteiger partial charge in [-0.1, -0.05) is 6.92 Å². The van der Waals surface area contributed by atoms with Crippen LogP contribution in [-0.4, -0.2) is 54.6 Å². The van der Waals surface area contributed by atoms with Gasteiger partial charge in [0.25, 0.3) is 0 Å². The lowest BCUT2D eigenvalue weighted by atomic mass is 9.94. The SMILES string of the molecule is CC1CCN(C(=O)N2CC3CCCNC3C2)CC1. The first-order valence-corrected chi connectivity index (χ1v) is 7.51. The van der Waals surface area contributed by atoms with Gasteiger partial charge in [-0.2, -0.15) is 0 Å². The normalized spacial score (nSPS) is 33.6. The topological polar surface area (TPSA) is 35.6 Å². The first kappa shape index (κ1) is 12.3. The van der Waals surface area contributed by atoms with Crippen molar-refractivity contribution in [1.82, 2.24) is 15.1 Å². The molecule has 0 bridgehead atoms. The molecule has 0 aromatic heterocycles. The maximum Gasteiger partial charge on any atom is 0.320 e. The second-order valence-electron chi connectivity index (χ2n) is 6.32. The molecule has 3 aliphatic rings. The maximum absolute atomic E-state index is 12.5. The summed E-state index contributed by atoms with van der Waals surface area (Å²) in [5.74, 6) is 1.49. The van der Waals surface area contributed by atoms with Crippen LogP contribution in [0.4, 0.5) is 4.79 Å². The fourth-order valence-corrected chi connectivity index (χ4v) is 3.60. The third kappa shape index (κ3) is 2.35. The van der Waals surface area contributed by atoms with E-state index in [0.29, 0.717) is 12.0 Å². The quantitative estimate of drug-likeness (QED) is 0.708. The molecule has 102 valence electrons. The molecule has 2 atom stereocenters. The Balaban J connectivity index is 1.57. The van der Waals surface area contributed by atoms with Crippen LogP contribution in [0.15, 0.2) is 0 Å². The van der Waals surface area contributed by atoms with Gasteiger partial charge in [-0.15, -0.1) is 0 Å². The van der Waals surface area contributed by atoms with Crippen molar-refractivity contribution in [3.05, 3.63) is 0 Å². The smallest absolute Gasteiger partial charge is 0.320 e. The Hall–Kier alpha value is -0.770. The van der Waals surface area contributed by atoms with Gasteiger partial charge >= 0.3 is 6.03 Å². The number of carbonyl (C=O) groups excluding carboxylic acids is 1. The second-order valence-corrected chi connectivity index (χ2v) is 6.32. The molecule has 18 heavy (non-hydrogen) atoms. The number of amides is 2. The second kappa shape index (κ2) is 5.08. The van der Waals surface area contributed by atoms with Gasteiger partial charge < -0.3 is 15.1 Å². The molecule has 3 heterocycles. The summed E-state index contributed by atoms with van der Waals surface area (Å²) in [5.41, 5.74) is 0. The molecule has 3 aliphatic heterocycles. The number of piperidine rings is 2. The van der Waals surface area contributed by atoms with Crippen molar-refractivity contribution in [2.24, 2.45) is 11.8 Å². The lowest BCUT2D eigenvalue weighted by Gasteiger charge is -2.33. The van der Waals surface area contributed by atoms with Crippen molar-refractivity contribution in [2.45, 2.75) is 38.6 Å². The molecule has 0 radical (unpaired) electrons. The average Bonchev–Trinajstić information content (AvgIpc) is 2.82. The summed E-state index contributed by atoms with van der Waals surface area (Å²) in [6.07, 6.45) is 4.90. The molecule has 3 fully saturated rings. The number of nitrogens with zero attached hydrogens (tertiary/aromatic N) is 2. The highest BCUT2D eigenvalue weighted by Gasteiger charge is 2.38. The zero-order chi connectivity index (χ0) is 12.5. The van der Waals surface area contributed by atoms with Gasteiger partial charge in [0.1, 0.15) is 0 Å². The van der Waals surface area contributed by atoms with Gasteiger partial charge in [-0.3, -0.25) is 0 Å². The van der Waals surface area contributed by atoms with Crippen molar-refractivity contribution in [2.75, 3.05) is 32.7 Å². The molecule has 0 aliphatic carbocycles. The van der Waals surface area contributed by atoms with Gasteiger partial charge in [-0.25, -0.2) is 4.79 Å². The standard InChI is InChI=1S/C14H25N3O/c1-11-4-7-16(8-5-11)14(18)17-9-12-3-2-6-15-13(12)10-17/h11-13,15H,2-10H2,1H3. The van der Waals surface area contributed by atoms with Crippen molar-refractivity contribution >= 4 is 6.03 Å². The van der Waals surface area contributed by atoms with Crippen LogP contribution in [0, 0.1) is 11.8 Å². The molecule has 3 rings (SSSR count). The van der Waals surface area contributed by atoms with Crippen molar-refractivity contribution in [1.29, 1.82) is 0 Å². The van der Waals surface area contributed by atoms with Crippen molar-refractivity contribution < 1.29 is 4.79 Å². The summed E-state index contributed by atoms with van der Waals surface area (Å²) in [4.78, 5) is 16.6. The Bertz CT molecular complexity index is 298. The molecule has 2 amide bonds. The van der Waals surface area contributed by atoms with Gasteiger partial charge in [0.15, 0.2) is 0 Å². The van der Waals surface area contributed by atoms with Crippen LogP contribution >= 0.6 is 0 Å². The number of carbonyl (C=O) groups is 1. The first-order chi connectivity index (χ1) is 8.74. The fraction of sp³-hybridized carbons (Fsp3) is 0.929. The Morgan fingerprint density at radius 1 is 1.11 bits per heavy atom. The third-order valence-electron chi connectivity index (χ3n) is 4.92. The van der Waals surface area contributed by atoms with E-state index in [2.05, 4.69) is 22.0 Å². The zero-order valence-corrected chi connectivity index (χ0v) is 11.4. The highest BCUT2D eigenvalue weighted by molar-refractivity contribution is 5.75. The number of fused-ring (bicyclic) bond motifs is 1. The predicted octanol–water partition coefficient (Wildman–Crippen LogP) is 1.52. The van der Waals surface area contributed by atoms with Crippen LogP contribution in [-0.2, 0) is 0 Å². The van der Waals surface area contributed by atoms with Crippen LogP contribution < -0.4 is 5.32 Å². The molecular weight excluding hydrogens is 226 g/mol. The summed E-state index contributed by atoms with van der Waals surface area (Å²) >= 11 is 0. The molecular formula is C14H25N3O. The minimum Gasteiger partial charge on any atom is -0.325 e. The first-order valence-electron chi connectivity index (χ1n) is 7.51. The van der Waals surface area contributed by atoms with E-state index in [1.165, 1.54) is 25.7 Å². The third-order valence-corrected chi connectivity index (χ3v) is 4.92. The number of rotatable bonds is 0. The van der Waals surface area contributed by atoms with Crippen molar-refractivity contribution in [3.8, 4) is 0 Å². The van der Waals surface area contributed by atoms with Gasteiger partial charge in [0.2, 0.25) is 0 Å². The zero-order valence-electron chi connectivity index (χ0n) is 11.4. The molecule has 1 N–H and O–H groups in total. The molecule has 0 saturated carbocycles. The molecule has 0 aromatic carbocycles. The molecule has 0 aromatic rings. The van der Waals surface area contributed by atoms with Gasteiger partial charge in [0.05, 0.1) is 0 Å². The van der Waals surface area contributed by atoms with E-state index < -0.39 is 0 Å². The lowest BCUT2D eigenvalue weighted by Crippen LogP contribution is -2.46. The van der Waals surface area contributed by atoms with Crippen LogP contribution in [0.2, 0.25) is 0 Å². The fourth-order valence-electron chi connectivity index (χ4n) is 3.60. The van der Waals surface area contributed by atoms with E-state index in [1.54, 1.807) is 0 Å². The van der Waals surface area contributed by atoms with E-state index >= 15 is 0 Å².